The van der Waals surface area contributed by atoms with E-state index in [2.05, 4.69) is 9.97 Å². The zero-order chi connectivity index (χ0) is 14.7. The summed E-state index contributed by atoms with van der Waals surface area (Å²) in [6.07, 6.45) is 3.91. The molecule has 3 aromatic rings. The molecular weight excluding hydrogens is 280 g/mol. The van der Waals surface area contributed by atoms with E-state index in [1.54, 1.807) is 7.11 Å². The van der Waals surface area contributed by atoms with Crippen molar-refractivity contribution in [2.24, 2.45) is 0 Å². The number of nitrogens with zero attached hydrogens (tertiary/aromatic N) is 1. The first-order valence-electron chi connectivity index (χ1n) is 6.57. The van der Waals surface area contributed by atoms with Crippen LogP contribution in [0.15, 0.2) is 48.5 Å². The summed E-state index contributed by atoms with van der Waals surface area (Å²) < 4.78 is 5.75. The van der Waals surface area contributed by atoms with Crippen molar-refractivity contribution < 1.29 is 4.74 Å². The van der Waals surface area contributed by atoms with Crippen molar-refractivity contribution in [3.8, 4) is 5.75 Å². The van der Waals surface area contributed by atoms with Crippen molar-refractivity contribution in [2.75, 3.05) is 7.11 Å². The molecule has 0 fully saturated rings. The van der Waals surface area contributed by atoms with Crippen LogP contribution in [-0.2, 0) is 0 Å². The Balaban J connectivity index is 1.93. The first-order valence-corrected chi connectivity index (χ1v) is 6.98. The van der Waals surface area contributed by atoms with Gasteiger partial charge in [0.1, 0.15) is 16.2 Å². The first kappa shape index (κ1) is 13.5. The number of hydrogen-bond donors (Lipinski definition) is 1. The van der Waals surface area contributed by atoms with Crippen LogP contribution < -0.4 is 4.74 Å². The number of fused-ring (bicyclic) bond motifs is 1. The Morgan fingerprint density at radius 1 is 1.05 bits per heavy atom. The molecule has 3 rings (SSSR count). The third-order valence-corrected chi connectivity index (χ3v) is 3.50. The molecule has 1 heterocycles. The molecule has 3 nitrogen and oxygen atoms in total. The second-order valence-electron chi connectivity index (χ2n) is 4.58. The number of hydrogen-bond acceptors (Lipinski definition) is 3. The number of nitrogens with one attached hydrogen (secondary N) is 1. The number of rotatable bonds is 3. The normalized spacial score (nSPS) is 11.1. The van der Waals surface area contributed by atoms with E-state index in [1.807, 2.05) is 60.7 Å². The molecule has 0 bridgehead atoms. The minimum Gasteiger partial charge on any atom is -0.497 e. The molecule has 0 atom stereocenters. The van der Waals surface area contributed by atoms with E-state index in [0.29, 0.717) is 4.64 Å². The second kappa shape index (κ2) is 5.89. The lowest BCUT2D eigenvalue weighted by Gasteiger charge is -2.01. The van der Waals surface area contributed by atoms with Crippen LogP contribution in [0.25, 0.3) is 23.1 Å². The standard InChI is InChI=1S/C17H14N2OS/c1-20-13-9-6-12(7-10-13)8-11-16-18-15-5-3-2-4-14(15)17(21)19-16/h2-11H,1H3,(H,18,19,21). The van der Waals surface area contributed by atoms with Crippen molar-refractivity contribution in [1.82, 2.24) is 9.97 Å². The molecule has 21 heavy (non-hydrogen) atoms. The van der Waals surface area contributed by atoms with Gasteiger partial charge in [-0.05, 0) is 35.9 Å². The van der Waals surface area contributed by atoms with Crippen molar-refractivity contribution in [2.45, 2.75) is 0 Å². The number of aromatic amines is 1. The number of H-pyrrole nitrogens is 1. The van der Waals surface area contributed by atoms with E-state index in [-0.39, 0.29) is 0 Å². The van der Waals surface area contributed by atoms with E-state index in [9.17, 15) is 0 Å². The van der Waals surface area contributed by atoms with Crippen molar-refractivity contribution in [3.63, 3.8) is 0 Å². The van der Waals surface area contributed by atoms with E-state index in [1.165, 1.54) is 0 Å². The molecule has 104 valence electrons. The van der Waals surface area contributed by atoms with Gasteiger partial charge in [0.25, 0.3) is 0 Å². The molecule has 0 aliphatic rings. The predicted octanol–water partition coefficient (Wildman–Crippen LogP) is 4.47. The summed E-state index contributed by atoms with van der Waals surface area (Å²) in [5.74, 6) is 1.59. The smallest absolute Gasteiger partial charge is 0.137 e. The Labute approximate surface area is 127 Å². The number of para-hydroxylation sites is 1. The molecule has 0 aliphatic heterocycles. The number of ether oxygens (including phenoxy) is 1. The molecule has 0 saturated carbocycles. The Hall–Kier alpha value is -2.46. The number of benzene rings is 2. The Morgan fingerprint density at radius 2 is 1.81 bits per heavy atom. The van der Waals surface area contributed by atoms with Crippen LogP contribution in [0.1, 0.15) is 11.4 Å². The average Bonchev–Trinajstić information content (AvgIpc) is 2.53. The van der Waals surface area contributed by atoms with Crippen molar-refractivity contribution in [1.29, 1.82) is 0 Å². The average molecular weight is 294 g/mol. The van der Waals surface area contributed by atoms with Crippen LogP contribution in [-0.4, -0.2) is 17.1 Å². The van der Waals surface area contributed by atoms with Crippen molar-refractivity contribution in [3.05, 3.63) is 64.6 Å². The molecular formula is C17H14N2OS. The molecule has 2 aromatic carbocycles. The molecule has 0 amide bonds. The van der Waals surface area contributed by atoms with Gasteiger partial charge in [-0.25, -0.2) is 4.98 Å². The predicted molar refractivity (Wildman–Crippen MR) is 88.8 cm³/mol. The summed E-state index contributed by atoms with van der Waals surface area (Å²) in [7, 11) is 1.66. The van der Waals surface area contributed by atoms with Gasteiger partial charge in [-0.1, -0.05) is 42.6 Å². The molecule has 4 heteroatoms. The third kappa shape index (κ3) is 3.01. The summed E-state index contributed by atoms with van der Waals surface area (Å²) in [6, 6.07) is 15.7. The lowest BCUT2D eigenvalue weighted by molar-refractivity contribution is 0.415. The molecule has 0 unspecified atom stereocenters. The van der Waals surface area contributed by atoms with E-state index in [4.69, 9.17) is 17.0 Å². The van der Waals surface area contributed by atoms with Crippen LogP contribution in [0.5, 0.6) is 5.75 Å². The number of methoxy groups -OCH3 is 1. The van der Waals surface area contributed by atoms with E-state index in [0.717, 1.165) is 28.0 Å². The lowest BCUT2D eigenvalue weighted by atomic mass is 10.2. The van der Waals surface area contributed by atoms with Gasteiger partial charge in [0.2, 0.25) is 0 Å². The second-order valence-corrected chi connectivity index (χ2v) is 4.97. The lowest BCUT2D eigenvalue weighted by Crippen LogP contribution is -1.90. The summed E-state index contributed by atoms with van der Waals surface area (Å²) in [6.45, 7) is 0. The Morgan fingerprint density at radius 3 is 2.57 bits per heavy atom. The highest BCUT2D eigenvalue weighted by Crippen LogP contribution is 2.15. The molecule has 1 aromatic heterocycles. The SMILES string of the molecule is COc1ccc(C=Cc2nc(=S)c3ccccc3[nH]2)cc1. The largest absolute Gasteiger partial charge is 0.497 e. The summed E-state index contributed by atoms with van der Waals surface area (Å²) >= 11 is 5.32. The van der Waals surface area contributed by atoms with Gasteiger partial charge in [0.15, 0.2) is 0 Å². The van der Waals surface area contributed by atoms with Gasteiger partial charge < -0.3 is 9.72 Å². The van der Waals surface area contributed by atoms with Crippen LogP contribution >= 0.6 is 12.2 Å². The van der Waals surface area contributed by atoms with E-state index >= 15 is 0 Å². The van der Waals surface area contributed by atoms with Gasteiger partial charge in [-0.3, -0.25) is 0 Å². The minimum atomic E-state index is 0.610. The zero-order valence-electron chi connectivity index (χ0n) is 11.5. The third-order valence-electron chi connectivity index (χ3n) is 3.19. The molecule has 0 spiro atoms. The highest BCUT2D eigenvalue weighted by molar-refractivity contribution is 7.71. The van der Waals surface area contributed by atoms with Gasteiger partial charge in [0.05, 0.1) is 7.11 Å². The maximum atomic E-state index is 5.32. The Kier molecular flexibility index (Phi) is 3.79. The summed E-state index contributed by atoms with van der Waals surface area (Å²) in [5.41, 5.74) is 2.07. The highest BCUT2D eigenvalue weighted by atomic mass is 32.1. The maximum Gasteiger partial charge on any atom is 0.137 e. The van der Waals surface area contributed by atoms with Crippen LogP contribution in [0, 0.1) is 4.64 Å². The fraction of sp³-hybridized carbons (Fsp3) is 0.0588. The number of aromatic nitrogens is 2. The van der Waals surface area contributed by atoms with Gasteiger partial charge in [0, 0.05) is 10.9 Å². The maximum absolute atomic E-state index is 5.32. The monoisotopic (exact) mass is 294 g/mol. The molecule has 0 saturated heterocycles. The topological polar surface area (TPSA) is 37.9 Å². The fourth-order valence-electron chi connectivity index (χ4n) is 2.08. The highest BCUT2D eigenvalue weighted by Gasteiger charge is 1.98. The van der Waals surface area contributed by atoms with Crippen LogP contribution in [0.3, 0.4) is 0 Å². The van der Waals surface area contributed by atoms with Crippen LogP contribution in [0.4, 0.5) is 0 Å². The minimum absolute atomic E-state index is 0.610. The van der Waals surface area contributed by atoms with Crippen molar-refractivity contribution >= 4 is 35.3 Å². The van der Waals surface area contributed by atoms with Gasteiger partial charge in [-0.2, -0.15) is 0 Å². The zero-order valence-corrected chi connectivity index (χ0v) is 12.4. The molecule has 0 radical (unpaired) electrons. The molecule has 0 aliphatic carbocycles. The van der Waals surface area contributed by atoms with E-state index < -0.39 is 0 Å². The fourth-order valence-corrected chi connectivity index (χ4v) is 2.36. The Bertz CT molecular complexity index is 851. The van der Waals surface area contributed by atoms with Crippen LogP contribution in [0.2, 0.25) is 0 Å². The van der Waals surface area contributed by atoms with Gasteiger partial charge >= 0.3 is 0 Å². The van der Waals surface area contributed by atoms with Gasteiger partial charge in [-0.15, -0.1) is 0 Å². The quantitative estimate of drug-likeness (QED) is 0.724. The summed E-state index contributed by atoms with van der Waals surface area (Å²) in [4.78, 5) is 7.67. The summed E-state index contributed by atoms with van der Waals surface area (Å²) in [5, 5.41) is 0.967. The molecule has 1 N–H and O–H groups in total. The first-order chi connectivity index (χ1) is 10.3.